The summed E-state index contributed by atoms with van der Waals surface area (Å²) < 4.78 is 5.98. The number of nitrogens with one attached hydrogen (secondary N) is 1. The normalized spacial score (nSPS) is 10.7. The Bertz CT molecular complexity index is 585. The third kappa shape index (κ3) is 6.25. The van der Waals surface area contributed by atoms with Crippen molar-refractivity contribution in [2.45, 2.75) is 45.8 Å². The van der Waals surface area contributed by atoms with Crippen LogP contribution >= 0.6 is 11.6 Å². The standard InChI is InChI=1S/C20H26ClNO/c1-2-3-4-9-14-22-15-17-10-6-8-13-20(17)23-16-18-11-5-7-12-19(18)21/h5-8,10-13,22H,2-4,9,14-16H2,1H3. The first-order chi connectivity index (χ1) is 11.3. The number of hydrogen-bond donors (Lipinski definition) is 1. The molecule has 2 nitrogen and oxygen atoms in total. The summed E-state index contributed by atoms with van der Waals surface area (Å²) in [7, 11) is 0. The van der Waals surface area contributed by atoms with Gasteiger partial charge in [0.2, 0.25) is 0 Å². The molecule has 0 saturated heterocycles. The summed E-state index contributed by atoms with van der Waals surface area (Å²) in [4.78, 5) is 0. The molecular weight excluding hydrogens is 306 g/mol. The molecule has 0 aliphatic heterocycles. The van der Waals surface area contributed by atoms with Crippen LogP contribution in [0, 0.1) is 0 Å². The van der Waals surface area contributed by atoms with Crippen LogP contribution in [0.1, 0.15) is 43.7 Å². The second-order valence-electron chi connectivity index (χ2n) is 5.73. The smallest absolute Gasteiger partial charge is 0.124 e. The fraction of sp³-hybridized carbons (Fsp3) is 0.400. The number of rotatable bonds is 10. The summed E-state index contributed by atoms with van der Waals surface area (Å²) in [6.45, 7) is 4.62. The minimum absolute atomic E-state index is 0.493. The maximum absolute atomic E-state index is 6.18. The van der Waals surface area contributed by atoms with Gasteiger partial charge in [0.15, 0.2) is 0 Å². The van der Waals surface area contributed by atoms with Crippen LogP contribution < -0.4 is 10.1 Å². The Morgan fingerprint density at radius 2 is 1.65 bits per heavy atom. The van der Waals surface area contributed by atoms with Crippen LogP contribution in [0.5, 0.6) is 5.75 Å². The molecule has 0 aromatic heterocycles. The summed E-state index contributed by atoms with van der Waals surface area (Å²) in [6.07, 6.45) is 5.13. The van der Waals surface area contributed by atoms with E-state index >= 15 is 0 Å². The van der Waals surface area contributed by atoms with Crippen molar-refractivity contribution in [3.8, 4) is 5.75 Å². The summed E-state index contributed by atoms with van der Waals surface area (Å²) in [5.74, 6) is 0.925. The number of ether oxygens (including phenoxy) is 1. The molecule has 2 rings (SSSR count). The largest absolute Gasteiger partial charge is 0.489 e. The lowest BCUT2D eigenvalue weighted by Crippen LogP contribution is -2.15. The number of halogens is 1. The maximum Gasteiger partial charge on any atom is 0.124 e. The summed E-state index contributed by atoms with van der Waals surface area (Å²) in [5.41, 5.74) is 2.20. The van der Waals surface area contributed by atoms with E-state index in [0.29, 0.717) is 6.61 Å². The third-order valence-electron chi connectivity index (χ3n) is 3.84. The average Bonchev–Trinajstić information content (AvgIpc) is 2.58. The predicted octanol–water partition coefficient (Wildman–Crippen LogP) is 5.59. The van der Waals surface area contributed by atoms with Gasteiger partial charge >= 0.3 is 0 Å². The van der Waals surface area contributed by atoms with Gasteiger partial charge in [-0.25, -0.2) is 0 Å². The Morgan fingerprint density at radius 3 is 2.43 bits per heavy atom. The highest BCUT2D eigenvalue weighted by Gasteiger charge is 2.05. The molecule has 0 radical (unpaired) electrons. The molecule has 0 saturated carbocycles. The second-order valence-corrected chi connectivity index (χ2v) is 6.13. The van der Waals surface area contributed by atoms with Gasteiger partial charge in [-0.05, 0) is 25.1 Å². The van der Waals surface area contributed by atoms with Crippen LogP contribution in [0.25, 0.3) is 0 Å². The van der Waals surface area contributed by atoms with Crippen LogP contribution in [0.15, 0.2) is 48.5 Å². The van der Waals surface area contributed by atoms with Crippen molar-refractivity contribution in [1.82, 2.24) is 5.32 Å². The van der Waals surface area contributed by atoms with E-state index in [-0.39, 0.29) is 0 Å². The molecular formula is C20H26ClNO. The Kier molecular flexibility index (Phi) is 7.99. The zero-order valence-electron chi connectivity index (χ0n) is 13.9. The van der Waals surface area contributed by atoms with Crippen LogP contribution in [-0.2, 0) is 13.2 Å². The lowest BCUT2D eigenvalue weighted by molar-refractivity contribution is 0.302. The molecule has 2 aromatic rings. The summed E-state index contributed by atoms with van der Waals surface area (Å²) >= 11 is 6.18. The molecule has 0 atom stereocenters. The van der Waals surface area contributed by atoms with Gasteiger partial charge in [0.1, 0.15) is 12.4 Å². The monoisotopic (exact) mass is 331 g/mol. The van der Waals surface area contributed by atoms with Crippen LogP contribution in [0.2, 0.25) is 5.02 Å². The van der Waals surface area contributed by atoms with Gasteiger partial charge in [0.25, 0.3) is 0 Å². The van der Waals surface area contributed by atoms with Crippen molar-refractivity contribution in [3.63, 3.8) is 0 Å². The zero-order chi connectivity index (χ0) is 16.3. The van der Waals surface area contributed by atoms with Crippen molar-refractivity contribution in [2.24, 2.45) is 0 Å². The Labute approximate surface area is 144 Å². The quantitative estimate of drug-likeness (QED) is 0.573. The molecule has 0 unspecified atom stereocenters. The fourth-order valence-electron chi connectivity index (χ4n) is 2.46. The first kappa shape index (κ1) is 17.8. The lowest BCUT2D eigenvalue weighted by atomic mass is 10.2. The molecule has 0 amide bonds. The number of benzene rings is 2. The molecule has 0 fully saturated rings. The van der Waals surface area contributed by atoms with E-state index in [1.165, 1.54) is 31.2 Å². The van der Waals surface area contributed by atoms with Gasteiger partial charge in [0, 0.05) is 22.7 Å². The van der Waals surface area contributed by atoms with Crippen molar-refractivity contribution in [3.05, 3.63) is 64.7 Å². The van der Waals surface area contributed by atoms with Gasteiger partial charge in [-0.1, -0.05) is 74.2 Å². The van der Waals surface area contributed by atoms with Crippen molar-refractivity contribution in [1.29, 1.82) is 0 Å². The van der Waals surface area contributed by atoms with E-state index in [0.717, 1.165) is 29.4 Å². The molecule has 0 bridgehead atoms. The first-order valence-corrected chi connectivity index (χ1v) is 8.84. The zero-order valence-corrected chi connectivity index (χ0v) is 14.6. The van der Waals surface area contributed by atoms with Gasteiger partial charge in [-0.3, -0.25) is 0 Å². The average molecular weight is 332 g/mol. The van der Waals surface area contributed by atoms with Gasteiger partial charge < -0.3 is 10.1 Å². The molecule has 1 N–H and O–H groups in total. The summed E-state index contributed by atoms with van der Waals surface area (Å²) in [6, 6.07) is 16.0. The van der Waals surface area contributed by atoms with Crippen molar-refractivity contribution < 1.29 is 4.74 Å². The number of unbranched alkanes of at least 4 members (excludes halogenated alkanes) is 3. The SMILES string of the molecule is CCCCCCNCc1ccccc1OCc1ccccc1Cl. The van der Waals surface area contributed by atoms with Gasteiger partial charge in [-0.15, -0.1) is 0 Å². The Balaban J connectivity index is 1.84. The molecule has 0 aliphatic carbocycles. The van der Waals surface area contributed by atoms with E-state index in [1.54, 1.807) is 0 Å². The second kappa shape index (κ2) is 10.3. The highest BCUT2D eigenvalue weighted by molar-refractivity contribution is 6.31. The van der Waals surface area contributed by atoms with E-state index in [1.807, 2.05) is 36.4 Å². The number of para-hydroxylation sites is 1. The highest BCUT2D eigenvalue weighted by Crippen LogP contribution is 2.21. The molecule has 0 heterocycles. The minimum Gasteiger partial charge on any atom is -0.489 e. The van der Waals surface area contributed by atoms with Crippen LogP contribution in [0.4, 0.5) is 0 Å². The lowest BCUT2D eigenvalue weighted by Gasteiger charge is -2.13. The van der Waals surface area contributed by atoms with Crippen LogP contribution in [-0.4, -0.2) is 6.54 Å². The summed E-state index contributed by atoms with van der Waals surface area (Å²) in [5, 5.41) is 4.25. The Morgan fingerprint density at radius 1 is 0.913 bits per heavy atom. The van der Waals surface area contributed by atoms with Gasteiger partial charge in [-0.2, -0.15) is 0 Å². The van der Waals surface area contributed by atoms with E-state index in [2.05, 4.69) is 24.4 Å². The van der Waals surface area contributed by atoms with Crippen LogP contribution in [0.3, 0.4) is 0 Å². The van der Waals surface area contributed by atoms with Crippen molar-refractivity contribution in [2.75, 3.05) is 6.54 Å². The van der Waals surface area contributed by atoms with Gasteiger partial charge in [0.05, 0.1) is 0 Å². The molecule has 0 spiro atoms. The molecule has 124 valence electrons. The molecule has 2 aromatic carbocycles. The van der Waals surface area contributed by atoms with Crippen molar-refractivity contribution >= 4 is 11.6 Å². The maximum atomic E-state index is 6.18. The minimum atomic E-state index is 0.493. The predicted molar refractivity (Wildman–Crippen MR) is 98.1 cm³/mol. The topological polar surface area (TPSA) is 21.3 Å². The van der Waals surface area contributed by atoms with E-state index in [4.69, 9.17) is 16.3 Å². The van der Waals surface area contributed by atoms with E-state index in [9.17, 15) is 0 Å². The molecule has 23 heavy (non-hydrogen) atoms. The third-order valence-corrected chi connectivity index (χ3v) is 4.20. The highest BCUT2D eigenvalue weighted by atomic mass is 35.5. The molecule has 3 heteroatoms. The van der Waals surface area contributed by atoms with E-state index < -0.39 is 0 Å². The fourth-order valence-corrected chi connectivity index (χ4v) is 2.65. The Hall–Kier alpha value is -1.51. The number of hydrogen-bond acceptors (Lipinski definition) is 2. The first-order valence-electron chi connectivity index (χ1n) is 8.46. The molecule has 0 aliphatic rings.